The largest absolute Gasteiger partial charge is 0.391 e. The van der Waals surface area contributed by atoms with Gasteiger partial charge in [0, 0.05) is 12.4 Å². The number of nitrogens with zero attached hydrogens (tertiary/aromatic N) is 5. The van der Waals surface area contributed by atoms with Gasteiger partial charge in [-0.1, -0.05) is 6.58 Å². The number of rotatable bonds is 5. The van der Waals surface area contributed by atoms with E-state index in [1.165, 1.54) is 0 Å². The summed E-state index contributed by atoms with van der Waals surface area (Å²) in [6.07, 6.45) is 2.80. The summed E-state index contributed by atoms with van der Waals surface area (Å²) in [6.45, 7) is 9.42. The summed E-state index contributed by atoms with van der Waals surface area (Å²) in [6, 6.07) is 0. The number of hydrazone groups is 1. The van der Waals surface area contributed by atoms with Crippen LogP contribution >= 0.6 is 0 Å². The summed E-state index contributed by atoms with van der Waals surface area (Å²) in [7, 11) is 0. The van der Waals surface area contributed by atoms with Gasteiger partial charge in [-0.2, -0.15) is 10.2 Å². The number of hydrogen-bond acceptors (Lipinski definition) is 6. The Balaban J connectivity index is 2.35. The van der Waals surface area contributed by atoms with Gasteiger partial charge in [0.05, 0.1) is 29.4 Å². The summed E-state index contributed by atoms with van der Waals surface area (Å²) < 4.78 is 0. The molecule has 1 unspecified atom stereocenters. The molecule has 0 bridgehead atoms. The molecule has 0 spiro atoms. The normalized spacial score (nSPS) is 13.5. The quantitative estimate of drug-likeness (QED) is 0.632. The van der Waals surface area contributed by atoms with Crippen LogP contribution in [0.3, 0.4) is 0 Å². The summed E-state index contributed by atoms with van der Waals surface area (Å²) in [5.41, 5.74) is 2.10. The van der Waals surface area contributed by atoms with Crippen LogP contribution in [0.25, 0.3) is 11.0 Å². The highest BCUT2D eigenvalue weighted by atomic mass is 16.3. The number of aryl methyl sites for hydroxylation is 1. The Bertz CT molecular complexity index is 645. The maximum Gasteiger partial charge on any atom is 0.184 e. The first-order valence-corrected chi connectivity index (χ1v) is 6.31. The Kier molecular flexibility index (Phi) is 4.09. The van der Waals surface area contributed by atoms with Crippen molar-refractivity contribution in [2.45, 2.75) is 26.9 Å². The van der Waals surface area contributed by atoms with E-state index < -0.39 is 6.10 Å². The highest BCUT2D eigenvalue weighted by molar-refractivity contribution is 6.06. The third kappa shape index (κ3) is 3.00. The molecule has 20 heavy (non-hydrogen) atoms. The van der Waals surface area contributed by atoms with Gasteiger partial charge in [-0.05, 0) is 20.8 Å². The number of aliphatic hydroxyl groups excluding tert-OH is 1. The van der Waals surface area contributed by atoms with Gasteiger partial charge >= 0.3 is 0 Å². The summed E-state index contributed by atoms with van der Waals surface area (Å²) in [5.74, 6) is 0.673. The minimum absolute atomic E-state index is 0.377. The van der Waals surface area contributed by atoms with Crippen LogP contribution in [0.1, 0.15) is 25.4 Å². The molecular formula is C13H18N6O. The zero-order valence-electron chi connectivity index (χ0n) is 11.8. The minimum Gasteiger partial charge on any atom is -0.391 e. The fraction of sp³-hybridized carbons (Fsp3) is 0.385. The Morgan fingerprint density at radius 2 is 2.40 bits per heavy atom. The first-order chi connectivity index (χ1) is 9.51. The highest BCUT2D eigenvalue weighted by Crippen LogP contribution is 2.14. The average molecular weight is 274 g/mol. The van der Waals surface area contributed by atoms with Gasteiger partial charge in [0.2, 0.25) is 0 Å². The Morgan fingerprint density at radius 3 is 3.05 bits per heavy atom. The van der Waals surface area contributed by atoms with Crippen LogP contribution in [0.5, 0.6) is 0 Å². The Morgan fingerprint density at radius 1 is 1.65 bits per heavy atom. The van der Waals surface area contributed by atoms with Gasteiger partial charge < -0.3 is 5.11 Å². The molecule has 0 saturated carbocycles. The van der Waals surface area contributed by atoms with Crippen LogP contribution < -0.4 is 0 Å². The first-order valence-electron chi connectivity index (χ1n) is 6.31. The van der Waals surface area contributed by atoms with E-state index in [-0.39, 0.29) is 0 Å². The molecule has 0 saturated heterocycles. The van der Waals surface area contributed by atoms with E-state index in [4.69, 9.17) is 0 Å². The van der Waals surface area contributed by atoms with E-state index in [1.807, 2.05) is 13.8 Å². The van der Waals surface area contributed by atoms with Crippen LogP contribution in [-0.4, -0.2) is 48.6 Å². The van der Waals surface area contributed by atoms with Gasteiger partial charge in [-0.25, -0.2) is 9.97 Å². The molecule has 0 aliphatic carbocycles. The Hall–Kier alpha value is -2.28. The maximum atomic E-state index is 9.40. The summed E-state index contributed by atoms with van der Waals surface area (Å²) in [4.78, 5) is 8.41. The summed E-state index contributed by atoms with van der Waals surface area (Å²) in [5, 5.41) is 23.3. The third-order valence-corrected chi connectivity index (χ3v) is 2.73. The highest BCUT2D eigenvalue weighted by Gasteiger charge is 2.11. The van der Waals surface area contributed by atoms with Gasteiger partial charge in [0.15, 0.2) is 5.65 Å². The molecule has 1 atom stereocenters. The second-order valence-electron chi connectivity index (χ2n) is 4.59. The fourth-order valence-corrected chi connectivity index (χ4v) is 1.83. The minimum atomic E-state index is -0.492. The molecule has 0 aromatic carbocycles. The van der Waals surface area contributed by atoms with Crippen LogP contribution in [0.2, 0.25) is 0 Å². The van der Waals surface area contributed by atoms with Crippen LogP contribution in [-0.2, 0) is 0 Å². The average Bonchev–Trinajstić information content (AvgIpc) is 2.80. The molecule has 2 N–H and O–H groups in total. The van der Waals surface area contributed by atoms with Crippen LogP contribution in [0.4, 0.5) is 0 Å². The molecule has 0 radical (unpaired) electrons. The lowest BCUT2D eigenvalue weighted by Crippen LogP contribution is -2.23. The topological polar surface area (TPSA) is 90.3 Å². The lowest BCUT2D eigenvalue weighted by Gasteiger charge is -2.16. The van der Waals surface area contributed by atoms with Gasteiger partial charge in [-0.3, -0.25) is 10.1 Å². The van der Waals surface area contributed by atoms with Crippen molar-refractivity contribution in [2.75, 3.05) is 6.54 Å². The van der Waals surface area contributed by atoms with Crippen LogP contribution in [0.15, 0.2) is 24.1 Å². The van der Waals surface area contributed by atoms with E-state index in [0.29, 0.717) is 18.0 Å². The molecule has 2 aromatic heterocycles. The Labute approximate surface area is 117 Å². The van der Waals surface area contributed by atoms with E-state index in [0.717, 1.165) is 16.8 Å². The van der Waals surface area contributed by atoms with Crippen molar-refractivity contribution in [1.29, 1.82) is 0 Å². The van der Waals surface area contributed by atoms with Gasteiger partial charge in [0.1, 0.15) is 5.82 Å². The van der Waals surface area contributed by atoms with Crippen LogP contribution in [0, 0.1) is 6.92 Å². The molecule has 7 heteroatoms. The van der Waals surface area contributed by atoms with Crippen molar-refractivity contribution in [3.05, 3.63) is 30.5 Å². The van der Waals surface area contributed by atoms with Crippen molar-refractivity contribution in [1.82, 2.24) is 25.2 Å². The van der Waals surface area contributed by atoms with Gasteiger partial charge in [0.25, 0.3) is 0 Å². The van der Waals surface area contributed by atoms with Crippen molar-refractivity contribution >= 4 is 16.7 Å². The number of H-pyrrole nitrogens is 1. The predicted molar refractivity (Wildman–Crippen MR) is 77.2 cm³/mol. The molecule has 2 heterocycles. The molecule has 0 aliphatic heterocycles. The fourth-order valence-electron chi connectivity index (χ4n) is 1.83. The molecule has 0 aliphatic rings. The second kappa shape index (κ2) is 5.79. The smallest absolute Gasteiger partial charge is 0.184 e. The van der Waals surface area contributed by atoms with Crippen molar-refractivity contribution < 1.29 is 5.11 Å². The number of aromatic nitrogens is 4. The van der Waals surface area contributed by atoms with E-state index in [1.54, 1.807) is 24.3 Å². The van der Waals surface area contributed by atoms with Crippen molar-refractivity contribution in [2.24, 2.45) is 5.10 Å². The molecule has 2 aromatic rings. The van der Waals surface area contributed by atoms with E-state index in [2.05, 4.69) is 31.8 Å². The lowest BCUT2D eigenvalue weighted by molar-refractivity contribution is 0.153. The number of fused-ring (bicyclic) bond motifs is 1. The second-order valence-corrected chi connectivity index (χ2v) is 4.59. The van der Waals surface area contributed by atoms with E-state index >= 15 is 0 Å². The standard InChI is InChI=1S/C13H18N6O/c1-5-19(7-8(2)20)18-9(3)12-11-6-14-10(4)15-13(11)17-16-12/h5-6,8,20H,1,7H2,2-4H3,(H,14,15,16,17)/b18-9+. The predicted octanol–water partition coefficient (Wildman–Crippen LogP) is 1.21. The van der Waals surface area contributed by atoms with E-state index in [9.17, 15) is 5.11 Å². The molecule has 2 rings (SSSR count). The zero-order valence-corrected chi connectivity index (χ0v) is 11.8. The molecule has 106 valence electrons. The summed E-state index contributed by atoms with van der Waals surface area (Å²) >= 11 is 0. The lowest BCUT2D eigenvalue weighted by atomic mass is 10.2. The monoisotopic (exact) mass is 274 g/mol. The number of nitrogens with one attached hydrogen (secondary N) is 1. The van der Waals surface area contributed by atoms with Gasteiger partial charge in [-0.15, -0.1) is 0 Å². The van der Waals surface area contributed by atoms with Crippen molar-refractivity contribution in [3.63, 3.8) is 0 Å². The van der Waals surface area contributed by atoms with Crippen molar-refractivity contribution in [3.8, 4) is 0 Å². The first kappa shape index (κ1) is 14.1. The molecular weight excluding hydrogens is 256 g/mol. The molecule has 0 amide bonds. The zero-order chi connectivity index (χ0) is 14.7. The maximum absolute atomic E-state index is 9.40. The third-order valence-electron chi connectivity index (χ3n) is 2.73. The molecule has 0 fully saturated rings. The molecule has 7 nitrogen and oxygen atoms in total. The number of hydrogen-bond donors (Lipinski definition) is 2. The SMILES string of the molecule is C=CN(CC(C)O)/N=C(\C)c1[nH]nc2nc(C)ncc12. The number of aliphatic hydroxyl groups is 1. The number of aromatic amines is 1.